The second kappa shape index (κ2) is 5.82. The monoisotopic (exact) mass is 219 g/mol. The summed E-state index contributed by atoms with van der Waals surface area (Å²) in [6, 6.07) is 0. The summed E-state index contributed by atoms with van der Waals surface area (Å²) < 4.78 is 5.18. The minimum absolute atomic E-state index is 0.349. The maximum atomic E-state index is 10.1. The van der Waals surface area contributed by atoms with Gasteiger partial charge in [-0.15, -0.1) is 0 Å². The van der Waals surface area contributed by atoms with E-state index in [1.807, 2.05) is 0 Å². The molecule has 1 fully saturated rings. The van der Waals surface area contributed by atoms with Gasteiger partial charge in [-0.25, -0.2) is 10.1 Å². The third-order valence-electron chi connectivity index (χ3n) is 1.93. The molecule has 80 valence electrons. The number of rotatable bonds is 3. The Morgan fingerprint density at radius 2 is 2.64 bits per heavy atom. The van der Waals surface area contributed by atoms with Crippen LogP contribution in [0, 0.1) is 16.0 Å². The first kappa shape index (κ1) is 11.3. The van der Waals surface area contributed by atoms with E-state index in [1.54, 1.807) is 6.26 Å². The molecule has 7 heteroatoms. The van der Waals surface area contributed by atoms with E-state index >= 15 is 0 Å². The second-order valence-corrected chi connectivity index (χ2v) is 3.75. The highest BCUT2D eigenvalue weighted by Crippen LogP contribution is 2.11. The molecule has 1 heterocycles. The fraction of sp³-hybridized carbons (Fsp3) is 0.857. The van der Waals surface area contributed by atoms with Crippen molar-refractivity contribution in [1.82, 2.24) is 5.32 Å². The number of nitrogens with one attached hydrogen (secondary N) is 1. The highest BCUT2D eigenvalue weighted by Gasteiger charge is 2.16. The Labute approximate surface area is 86.2 Å². The summed E-state index contributed by atoms with van der Waals surface area (Å²) in [5.74, 6) is 0.444. The molecule has 1 atom stereocenters. The van der Waals surface area contributed by atoms with Crippen LogP contribution in [0.4, 0.5) is 0 Å². The van der Waals surface area contributed by atoms with Gasteiger partial charge in [-0.2, -0.15) is 0 Å². The molecule has 0 bridgehead atoms. The van der Waals surface area contributed by atoms with E-state index in [-0.39, 0.29) is 0 Å². The van der Waals surface area contributed by atoms with E-state index in [2.05, 4.69) is 10.4 Å². The van der Waals surface area contributed by atoms with Gasteiger partial charge in [0.1, 0.15) is 0 Å². The average Bonchev–Trinajstić information content (AvgIpc) is 2.64. The Balaban J connectivity index is 2.29. The number of amidine groups is 1. The average molecular weight is 219 g/mol. The van der Waals surface area contributed by atoms with E-state index in [1.165, 1.54) is 11.8 Å². The molecule has 0 aromatic carbocycles. The fourth-order valence-corrected chi connectivity index (χ4v) is 1.57. The van der Waals surface area contributed by atoms with Gasteiger partial charge in [-0.3, -0.25) is 0 Å². The van der Waals surface area contributed by atoms with Gasteiger partial charge in [0.2, 0.25) is 5.17 Å². The van der Waals surface area contributed by atoms with Crippen molar-refractivity contribution < 1.29 is 9.77 Å². The molecule has 0 saturated carbocycles. The summed E-state index contributed by atoms with van der Waals surface area (Å²) >= 11 is 1.24. The van der Waals surface area contributed by atoms with E-state index in [4.69, 9.17) is 4.74 Å². The van der Waals surface area contributed by atoms with Gasteiger partial charge in [0.05, 0.1) is 11.7 Å². The van der Waals surface area contributed by atoms with Crippen molar-refractivity contribution in [2.24, 2.45) is 11.0 Å². The zero-order chi connectivity index (χ0) is 10.4. The molecule has 0 spiro atoms. The van der Waals surface area contributed by atoms with Gasteiger partial charge in [-0.05, 0) is 12.7 Å². The summed E-state index contributed by atoms with van der Waals surface area (Å²) in [4.78, 5) is 10.1. The smallest absolute Gasteiger partial charge is 0.234 e. The Bertz CT molecular complexity index is 228. The van der Waals surface area contributed by atoms with E-state index in [0.717, 1.165) is 19.6 Å². The number of hydrogen-bond acceptors (Lipinski definition) is 4. The first-order chi connectivity index (χ1) is 6.72. The third-order valence-corrected chi connectivity index (χ3v) is 2.54. The topological polar surface area (TPSA) is 76.8 Å². The van der Waals surface area contributed by atoms with Gasteiger partial charge in [0.15, 0.2) is 5.03 Å². The molecule has 0 aliphatic carbocycles. The Morgan fingerprint density at radius 3 is 3.14 bits per heavy atom. The molecule has 14 heavy (non-hydrogen) atoms. The molecule has 6 nitrogen and oxygen atoms in total. The minimum Gasteiger partial charge on any atom is -0.381 e. The summed E-state index contributed by atoms with van der Waals surface area (Å²) in [5, 5.41) is 15.9. The van der Waals surface area contributed by atoms with E-state index in [9.17, 15) is 10.1 Å². The van der Waals surface area contributed by atoms with Crippen LogP contribution in [0.1, 0.15) is 6.42 Å². The summed E-state index contributed by atoms with van der Waals surface area (Å²) in [6.07, 6.45) is 2.76. The Morgan fingerprint density at radius 1 is 1.86 bits per heavy atom. The van der Waals surface area contributed by atoms with Crippen LogP contribution in [0.15, 0.2) is 5.10 Å². The molecule has 0 radical (unpaired) electrons. The Kier molecular flexibility index (Phi) is 4.68. The zero-order valence-corrected chi connectivity index (χ0v) is 8.75. The van der Waals surface area contributed by atoms with Crippen molar-refractivity contribution in [2.45, 2.75) is 6.42 Å². The maximum Gasteiger partial charge on any atom is 0.234 e. The molecule has 1 aliphatic rings. The third kappa shape index (κ3) is 3.93. The molecule has 1 rings (SSSR count). The number of ether oxygens (including phenoxy) is 1. The zero-order valence-electron chi connectivity index (χ0n) is 7.93. The summed E-state index contributed by atoms with van der Waals surface area (Å²) in [6.45, 7) is 2.20. The molecule has 0 aromatic heterocycles. The van der Waals surface area contributed by atoms with Crippen molar-refractivity contribution in [1.29, 1.82) is 0 Å². The molecule has 1 aliphatic heterocycles. The van der Waals surface area contributed by atoms with Crippen LogP contribution >= 0.6 is 11.8 Å². The molecule has 1 saturated heterocycles. The predicted molar refractivity (Wildman–Crippen MR) is 54.9 cm³/mol. The van der Waals surface area contributed by atoms with Crippen molar-refractivity contribution in [2.75, 3.05) is 26.0 Å². The number of hydrazone groups is 1. The van der Waals surface area contributed by atoms with Crippen molar-refractivity contribution in [3.8, 4) is 0 Å². The lowest BCUT2D eigenvalue weighted by atomic mass is 10.1. The fourth-order valence-electron chi connectivity index (χ4n) is 1.20. The summed E-state index contributed by atoms with van der Waals surface area (Å²) in [5.41, 5.74) is 0. The molecule has 1 N–H and O–H groups in total. The maximum absolute atomic E-state index is 10.1. The predicted octanol–water partition coefficient (Wildman–Crippen LogP) is 0.523. The van der Waals surface area contributed by atoms with Crippen LogP contribution in [-0.2, 0) is 4.74 Å². The van der Waals surface area contributed by atoms with Crippen LogP contribution in [0.5, 0.6) is 0 Å². The van der Waals surface area contributed by atoms with Crippen molar-refractivity contribution >= 4 is 16.9 Å². The van der Waals surface area contributed by atoms with Crippen LogP contribution in [-0.4, -0.2) is 36.2 Å². The summed E-state index contributed by atoms with van der Waals surface area (Å²) in [7, 11) is 0. The number of nitro groups is 1. The lowest BCUT2D eigenvalue weighted by Gasteiger charge is -2.08. The quantitative estimate of drug-likeness (QED) is 0.324. The van der Waals surface area contributed by atoms with Crippen molar-refractivity contribution in [3.63, 3.8) is 0 Å². The van der Waals surface area contributed by atoms with E-state index < -0.39 is 5.03 Å². The molecular formula is C7H13N3O3S. The standard InChI is InChI=1S/C7H13N3O3S/c1-14-7(9-10(11)12)8-4-6-2-3-13-5-6/h6H,2-5H2,1H3,(H,8,9). The normalized spacial score (nSPS) is 22.4. The highest BCUT2D eigenvalue weighted by atomic mass is 32.2. The minimum atomic E-state index is -0.690. The number of hydrogen-bond donors (Lipinski definition) is 1. The lowest BCUT2D eigenvalue weighted by molar-refractivity contribution is -0.484. The first-order valence-corrected chi connectivity index (χ1v) is 5.53. The van der Waals surface area contributed by atoms with Crippen LogP contribution in [0.3, 0.4) is 0 Å². The SMILES string of the molecule is CSC(=N[N+](=O)[O-])NCC1CCOC1. The molecule has 1 unspecified atom stereocenters. The largest absolute Gasteiger partial charge is 0.381 e. The highest BCUT2D eigenvalue weighted by molar-refractivity contribution is 8.13. The first-order valence-electron chi connectivity index (χ1n) is 4.31. The second-order valence-electron chi connectivity index (χ2n) is 2.96. The van der Waals surface area contributed by atoms with Crippen LogP contribution < -0.4 is 5.32 Å². The lowest BCUT2D eigenvalue weighted by Crippen LogP contribution is -2.28. The number of nitrogens with zero attached hydrogens (tertiary/aromatic N) is 2. The van der Waals surface area contributed by atoms with Crippen molar-refractivity contribution in [3.05, 3.63) is 10.1 Å². The number of thioether (sulfide) groups is 1. The van der Waals surface area contributed by atoms with Crippen LogP contribution in [0.25, 0.3) is 0 Å². The molecule has 0 amide bonds. The van der Waals surface area contributed by atoms with Gasteiger partial charge < -0.3 is 10.1 Å². The van der Waals surface area contributed by atoms with E-state index in [0.29, 0.717) is 17.6 Å². The van der Waals surface area contributed by atoms with Gasteiger partial charge in [-0.1, -0.05) is 11.8 Å². The van der Waals surface area contributed by atoms with Gasteiger partial charge >= 0.3 is 0 Å². The van der Waals surface area contributed by atoms with Crippen LogP contribution in [0.2, 0.25) is 0 Å². The molecule has 0 aromatic rings. The Hall–Kier alpha value is -0.820. The van der Waals surface area contributed by atoms with Gasteiger partial charge in [0.25, 0.3) is 0 Å². The van der Waals surface area contributed by atoms with Gasteiger partial charge in [0, 0.05) is 19.1 Å². The molecular weight excluding hydrogens is 206 g/mol.